The molecule has 0 amide bonds. The van der Waals surface area contributed by atoms with E-state index in [-0.39, 0.29) is 11.7 Å². The largest absolute Gasteiger partial charge is 0.455 e. The summed E-state index contributed by atoms with van der Waals surface area (Å²) in [6, 6.07) is 0. The highest BCUT2D eigenvalue weighted by Crippen LogP contribution is 2.53. The van der Waals surface area contributed by atoms with Gasteiger partial charge >= 0.3 is 7.12 Å². The average molecular weight is 164 g/mol. The zero-order valence-corrected chi connectivity index (χ0v) is 6.46. The van der Waals surface area contributed by atoms with Crippen molar-refractivity contribution in [3.63, 3.8) is 0 Å². The molecule has 1 heterocycles. The van der Waals surface area contributed by atoms with Crippen LogP contribution in [0.3, 0.4) is 0 Å². The molecule has 1 aliphatic rings. The highest BCUT2D eigenvalue weighted by molar-refractivity contribution is 6.44. The van der Waals surface area contributed by atoms with Crippen LogP contribution in [0.5, 0.6) is 0 Å². The van der Waals surface area contributed by atoms with Crippen molar-refractivity contribution < 1.29 is 10.0 Å². The van der Waals surface area contributed by atoms with Gasteiger partial charge < -0.3 is 10.0 Å². The Morgan fingerprint density at radius 2 is 2.00 bits per heavy atom. The highest BCUT2D eigenvalue weighted by atomic mass is 16.4. The zero-order valence-electron chi connectivity index (χ0n) is 6.46. The lowest BCUT2D eigenvalue weighted by Crippen LogP contribution is -2.11. The molecule has 1 aromatic heterocycles. The number of nitrogens with zero attached hydrogens (tertiary/aromatic N) is 2. The van der Waals surface area contributed by atoms with Crippen molar-refractivity contribution in [3.05, 3.63) is 24.3 Å². The first-order valence-electron chi connectivity index (χ1n) is 3.90. The van der Waals surface area contributed by atoms with Crippen molar-refractivity contribution >= 4 is 7.12 Å². The van der Waals surface area contributed by atoms with E-state index in [4.69, 9.17) is 10.0 Å². The number of rotatable bonds is 2. The van der Waals surface area contributed by atoms with Crippen molar-refractivity contribution in [1.82, 2.24) is 9.97 Å². The van der Waals surface area contributed by atoms with Crippen LogP contribution < -0.4 is 0 Å². The first-order chi connectivity index (χ1) is 5.79. The van der Waals surface area contributed by atoms with E-state index in [1.807, 2.05) is 0 Å². The standard InChI is InChI=1S/C7H9BN2O2/c11-8(12)7-1-6(7)5-2-9-4-10-3-5/h2-4,6-7,11-12H,1H2/t6-,7+/m1/s1. The maximum Gasteiger partial charge on any atom is 0.455 e. The topological polar surface area (TPSA) is 66.2 Å². The van der Waals surface area contributed by atoms with Gasteiger partial charge in [0.1, 0.15) is 6.33 Å². The Labute approximate surface area is 70.4 Å². The quantitative estimate of drug-likeness (QED) is 0.594. The maximum atomic E-state index is 8.84. The summed E-state index contributed by atoms with van der Waals surface area (Å²) in [5, 5.41) is 17.7. The fourth-order valence-corrected chi connectivity index (χ4v) is 1.43. The van der Waals surface area contributed by atoms with Gasteiger partial charge in [-0.05, 0) is 17.9 Å². The summed E-state index contributed by atoms with van der Waals surface area (Å²) in [5.74, 6) is 0.224. The minimum Gasteiger partial charge on any atom is -0.427 e. The van der Waals surface area contributed by atoms with Crippen molar-refractivity contribution in [2.24, 2.45) is 0 Å². The Morgan fingerprint density at radius 1 is 1.33 bits per heavy atom. The van der Waals surface area contributed by atoms with Gasteiger partial charge in [0.05, 0.1) is 0 Å². The van der Waals surface area contributed by atoms with Crippen LogP contribution in [0.4, 0.5) is 0 Å². The lowest BCUT2D eigenvalue weighted by Gasteiger charge is -1.96. The van der Waals surface area contributed by atoms with Crippen LogP contribution in [0.1, 0.15) is 17.9 Å². The van der Waals surface area contributed by atoms with Crippen LogP contribution in [0.2, 0.25) is 5.82 Å². The molecular formula is C7H9BN2O2. The zero-order chi connectivity index (χ0) is 8.55. The summed E-state index contributed by atoms with van der Waals surface area (Å²) in [5.41, 5.74) is 0.996. The van der Waals surface area contributed by atoms with Gasteiger partial charge in [-0.2, -0.15) is 0 Å². The maximum absolute atomic E-state index is 8.84. The Morgan fingerprint density at radius 3 is 2.50 bits per heavy atom. The molecule has 0 spiro atoms. The molecule has 4 nitrogen and oxygen atoms in total. The van der Waals surface area contributed by atoms with E-state index < -0.39 is 7.12 Å². The van der Waals surface area contributed by atoms with Crippen LogP contribution in [-0.4, -0.2) is 27.1 Å². The number of aromatic nitrogens is 2. The molecule has 0 radical (unpaired) electrons. The normalized spacial score (nSPS) is 26.8. The lowest BCUT2D eigenvalue weighted by molar-refractivity contribution is 0.402. The van der Waals surface area contributed by atoms with E-state index in [2.05, 4.69) is 9.97 Å². The summed E-state index contributed by atoms with van der Waals surface area (Å²) in [6.07, 6.45) is 5.74. The van der Waals surface area contributed by atoms with Gasteiger partial charge in [-0.3, -0.25) is 0 Å². The molecule has 1 fully saturated rings. The van der Waals surface area contributed by atoms with Crippen LogP contribution in [0.15, 0.2) is 18.7 Å². The molecule has 5 heteroatoms. The van der Waals surface area contributed by atoms with Crippen LogP contribution in [0.25, 0.3) is 0 Å². The van der Waals surface area contributed by atoms with Gasteiger partial charge in [-0.15, -0.1) is 0 Å². The third-order valence-corrected chi connectivity index (χ3v) is 2.23. The first kappa shape index (κ1) is 7.70. The summed E-state index contributed by atoms with van der Waals surface area (Å²) in [4.78, 5) is 7.73. The van der Waals surface area contributed by atoms with Gasteiger partial charge in [0.2, 0.25) is 0 Å². The van der Waals surface area contributed by atoms with E-state index in [0.717, 1.165) is 12.0 Å². The van der Waals surface area contributed by atoms with Crippen molar-refractivity contribution in [3.8, 4) is 0 Å². The number of hydrogen-bond acceptors (Lipinski definition) is 4. The molecular weight excluding hydrogens is 155 g/mol. The van der Waals surface area contributed by atoms with Crippen LogP contribution in [-0.2, 0) is 0 Å². The Balaban J connectivity index is 2.06. The fourth-order valence-electron chi connectivity index (χ4n) is 1.43. The van der Waals surface area contributed by atoms with E-state index in [1.165, 1.54) is 6.33 Å². The molecule has 1 aliphatic carbocycles. The Hall–Kier alpha value is -0.935. The van der Waals surface area contributed by atoms with Gasteiger partial charge in [-0.25, -0.2) is 9.97 Å². The smallest absolute Gasteiger partial charge is 0.427 e. The molecule has 1 aromatic rings. The second kappa shape index (κ2) is 2.84. The fraction of sp³-hybridized carbons (Fsp3) is 0.429. The van der Waals surface area contributed by atoms with E-state index >= 15 is 0 Å². The summed E-state index contributed by atoms with van der Waals surface area (Å²) < 4.78 is 0. The first-order valence-corrected chi connectivity index (χ1v) is 3.90. The van der Waals surface area contributed by atoms with E-state index in [0.29, 0.717) is 0 Å². The SMILES string of the molecule is OB(O)[C@H]1C[C@@H]1c1cncnc1. The summed E-state index contributed by atoms with van der Waals surface area (Å²) in [6.45, 7) is 0. The lowest BCUT2D eigenvalue weighted by atomic mass is 9.81. The van der Waals surface area contributed by atoms with Gasteiger partial charge in [-0.1, -0.05) is 0 Å². The summed E-state index contributed by atoms with van der Waals surface area (Å²) >= 11 is 0. The monoisotopic (exact) mass is 164 g/mol. The molecule has 2 N–H and O–H groups in total. The summed E-state index contributed by atoms with van der Waals surface area (Å²) in [7, 11) is -1.20. The minimum absolute atomic E-state index is 0.0176. The minimum atomic E-state index is -1.20. The number of hydrogen-bond donors (Lipinski definition) is 2. The van der Waals surface area contributed by atoms with E-state index in [9.17, 15) is 0 Å². The Bertz CT molecular complexity index is 267. The molecule has 0 aromatic carbocycles. The van der Waals surface area contributed by atoms with Gasteiger partial charge in [0.25, 0.3) is 0 Å². The van der Waals surface area contributed by atoms with Crippen molar-refractivity contribution in [1.29, 1.82) is 0 Å². The molecule has 0 saturated heterocycles. The molecule has 2 rings (SSSR count). The third kappa shape index (κ3) is 1.33. The van der Waals surface area contributed by atoms with Gasteiger partial charge in [0, 0.05) is 18.2 Å². The molecule has 1 saturated carbocycles. The van der Waals surface area contributed by atoms with Gasteiger partial charge in [0.15, 0.2) is 0 Å². The highest BCUT2D eigenvalue weighted by Gasteiger charge is 2.46. The molecule has 62 valence electrons. The molecule has 0 aliphatic heterocycles. The molecule has 0 bridgehead atoms. The predicted molar refractivity (Wildman–Crippen MR) is 43.3 cm³/mol. The second-order valence-corrected chi connectivity index (χ2v) is 3.09. The molecule has 12 heavy (non-hydrogen) atoms. The second-order valence-electron chi connectivity index (χ2n) is 3.09. The average Bonchev–Trinajstić information content (AvgIpc) is 2.84. The predicted octanol–water partition coefficient (Wildman–Crippen LogP) is -0.193. The van der Waals surface area contributed by atoms with E-state index in [1.54, 1.807) is 12.4 Å². The Kier molecular flexibility index (Phi) is 1.82. The van der Waals surface area contributed by atoms with Crippen LogP contribution >= 0.6 is 0 Å². The molecule has 2 atom stereocenters. The van der Waals surface area contributed by atoms with Crippen molar-refractivity contribution in [2.75, 3.05) is 0 Å². The molecule has 0 unspecified atom stereocenters. The third-order valence-electron chi connectivity index (χ3n) is 2.23. The van der Waals surface area contributed by atoms with Crippen molar-refractivity contribution in [2.45, 2.75) is 18.2 Å². The van der Waals surface area contributed by atoms with Crippen LogP contribution in [0, 0.1) is 0 Å².